The molecule has 0 aliphatic carbocycles. The fourth-order valence-electron chi connectivity index (χ4n) is 3.13. The molecule has 5 heteroatoms. The molecule has 5 nitrogen and oxygen atoms in total. The molecule has 1 atom stereocenters. The van der Waals surface area contributed by atoms with Gasteiger partial charge in [0.25, 0.3) is 5.91 Å². The van der Waals surface area contributed by atoms with E-state index in [0.29, 0.717) is 12.2 Å². The summed E-state index contributed by atoms with van der Waals surface area (Å²) in [5.74, 6) is 0.772. The number of carbonyl (C=O) groups is 1. The fraction of sp³-hybridized carbons (Fsp3) is 0.200. The standard InChI is InChI=1S/C20H19N3O2/c1-14-10-12-21-23(14)16-8-6-15(7-9-16)20(24)22-18-11-13-25-19-5-3-2-4-17(18)19/h2-10,12,18H,11,13H2,1H3,(H,22,24)/t18-/m1/s1. The Hall–Kier alpha value is -3.08. The molecule has 25 heavy (non-hydrogen) atoms. The van der Waals surface area contributed by atoms with E-state index in [1.165, 1.54) is 0 Å². The molecule has 0 spiro atoms. The molecule has 0 saturated heterocycles. The van der Waals surface area contributed by atoms with E-state index < -0.39 is 0 Å². The van der Waals surface area contributed by atoms with Crippen molar-refractivity contribution in [1.29, 1.82) is 0 Å². The Labute approximate surface area is 146 Å². The van der Waals surface area contributed by atoms with Gasteiger partial charge < -0.3 is 10.1 Å². The molecule has 1 amide bonds. The third kappa shape index (κ3) is 3.01. The van der Waals surface area contributed by atoms with Gasteiger partial charge in [0.2, 0.25) is 0 Å². The van der Waals surface area contributed by atoms with Crippen molar-refractivity contribution in [2.45, 2.75) is 19.4 Å². The lowest BCUT2D eigenvalue weighted by molar-refractivity contribution is 0.0925. The van der Waals surface area contributed by atoms with E-state index in [4.69, 9.17) is 4.74 Å². The van der Waals surface area contributed by atoms with E-state index in [0.717, 1.165) is 29.1 Å². The van der Waals surface area contributed by atoms with Crippen LogP contribution in [0.15, 0.2) is 60.8 Å². The zero-order valence-electron chi connectivity index (χ0n) is 14.0. The molecule has 1 N–H and O–H groups in total. The normalized spacial score (nSPS) is 16.0. The molecule has 0 bridgehead atoms. The first-order valence-electron chi connectivity index (χ1n) is 8.36. The Morgan fingerprint density at radius 1 is 1.16 bits per heavy atom. The highest BCUT2D eigenvalue weighted by molar-refractivity contribution is 5.94. The van der Waals surface area contributed by atoms with Gasteiger partial charge in [0.15, 0.2) is 0 Å². The number of aromatic nitrogens is 2. The van der Waals surface area contributed by atoms with Gasteiger partial charge in [-0.05, 0) is 43.3 Å². The third-order valence-corrected chi connectivity index (χ3v) is 4.47. The number of amides is 1. The van der Waals surface area contributed by atoms with Gasteiger partial charge in [0.05, 0.1) is 18.3 Å². The Morgan fingerprint density at radius 3 is 2.72 bits per heavy atom. The smallest absolute Gasteiger partial charge is 0.251 e. The highest BCUT2D eigenvalue weighted by Gasteiger charge is 2.23. The van der Waals surface area contributed by atoms with Crippen molar-refractivity contribution < 1.29 is 9.53 Å². The maximum absolute atomic E-state index is 12.6. The van der Waals surface area contributed by atoms with Crippen LogP contribution in [0.25, 0.3) is 5.69 Å². The Bertz CT molecular complexity index is 899. The first kappa shape index (κ1) is 15.4. The van der Waals surface area contributed by atoms with E-state index in [2.05, 4.69) is 10.4 Å². The maximum Gasteiger partial charge on any atom is 0.251 e. The molecular formula is C20H19N3O2. The van der Waals surface area contributed by atoms with Gasteiger partial charge in [-0.15, -0.1) is 0 Å². The zero-order chi connectivity index (χ0) is 17.2. The highest BCUT2D eigenvalue weighted by atomic mass is 16.5. The Kier molecular flexibility index (Phi) is 3.98. The Balaban J connectivity index is 1.52. The largest absolute Gasteiger partial charge is 0.493 e. The molecule has 1 aliphatic heterocycles. The molecule has 3 aromatic rings. The monoisotopic (exact) mass is 333 g/mol. The van der Waals surface area contributed by atoms with Crippen LogP contribution in [0, 0.1) is 6.92 Å². The summed E-state index contributed by atoms with van der Waals surface area (Å²) in [6.07, 6.45) is 2.53. The lowest BCUT2D eigenvalue weighted by Crippen LogP contribution is -2.32. The number of rotatable bonds is 3. The van der Waals surface area contributed by atoms with Crippen LogP contribution in [-0.2, 0) is 0 Å². The van der Waals surface area contributed by atoms with Gasteiger partial charge in [-0.2, -0.15) is 5.10 Å². The predicted molar refractivity (Wildman–Crippen MR) is 95.1 cm³/mol. The summed E-state index contributed by atoms with van der Waals surface area (Å²) < 4.78 is 7.49. The van der Waals surface area contributed by atoms with Gasteiger partial charge in [0, 0.05) is 29.4 Å². The first-order chi connectivity index (χ1) is 12.2. The second-order valence-electron chi connectivity index (χ2n) is 6.13. The molecule has 0 unspecified atom stereocenters. The van der Waals surface area contributed by atoms with Crippen molar-refractivity contribution in [3.8, 4) is 11.4 Å². The molecule has 2 heterocycles. The van der Waals surface area contributed by atoms with Gasteiger partial charge in [-0.3, -0.25) is 4.79 Å². The van der Waals surface area contributed by atoms with Crippen molar-refractivity contribution in [2.75, 3.05) is 6.61 Å². The lowest BCUT2D eigenvalue weighted by Gasteiger charge is -2.26. The van der Waals surface area contributed by atoms with Crippen LogP contribution >= 0.6 is 0 Å². The van der Waals surface area contributed by atoms with Crippen LogP contribution in [0.4, 0.5) is 0 Å². The molecule has 4 rings (SSSR count). The summed E-state index contributed by atoms with van der Waals surface area (Å²) in [5, 5.41) is 7.40. The van der Waals surface area contributed by atoms with Crippen LogP contribution < -0.4 is 10.1 Å². The summed E-state index contributed by atoms with van der Waals surface area (Å²) >= 11 is 0. The molecule has 0 saturated carbocycles. The van der Waals surface area contributed by atoms with E-state index in [-0.39, 0.29) is 11.9 Å². The average molecular weight is 333 g/mol. The lowest BCUT2D eigenvalue weighted by atomic mass is 10.00. The van der Waals surface area contributed by atoms with Gasteiger partial charge in [0.1, 0.15) is 5.75 Å². The zero-order valence-corrected chi connectivity index (χ0v) is 14.0. The van der Waals surface area contributed by atoms with Crippen LogP contribution in [-0.4, -0.2) is 22.3 Å². The number of carbonyl (C=O) groups excluding carboxylic acids is 1. The van der Waals surface area contributed by atoms with Crippen LogP contribution in [0.1, 0.15) is 34.1 Å². The van der Waals surface area contributed by atoms with Crippen LogP contribution in [0.3, 0.4) is 0 Å². The van der Waals surface area contributed by atoms with Gasteiger partial charge in [-0.1, -0.05) is 18.2 Å². The topological polar surface area (TPSA) is 56.2 Å². The quantitative estimate of drug-likeness (QED) is 0.799. The second kappa shape index (κ2) is 6.43. The van der Waals surface area contributed by atoms with Crippen molar-refractivity contribution in [1.82, 2.24) is 15.1 Å². The summed E-state index contributed by atoms with van der Waals surface area (Å²) in [6, 6.07) is 17.3. The molecule has 1 aliphatic rings. The average Bonchev–Trinajstić information content (AvgIpc) is 3.08. The summed E-state index contributed by atoms with van der Waals surface area (Å²) in [6.45, 7) is 2.61. The number of fused-ring (bicyclic) bond motifs is 1. The molecule has 2 aromatic carbocycles. The molecule has 0 fully saturated rings. The van der Waals surface area contributed by atoms with E-state index in [1.807, 2.05) is 66.2 Å². The second-order valence-corrected chi connectivity index (χ2v) is 6.13. The van der Waals surface area contributed by atoms with E-state index in [1.54, 1.807) is 6.20 Å². The van der Waals surface area contributed by atoms with E-state index in [9.17, 15) is 4.79 Å². The van der Waals surface area contributed by atoms with E-state index >= 15 is 0 Å². The number of nitrogens with zero attached hydrogens (tertiary/aromatic N) is 2. The number of nitrogens with one attached hydrogen (secondary N) is 1. The highest BCUT2D eigenvalue weighted by Crippen LogP contribution is 2.31. The SMILES string of the molecule is Cc1ccnn1-c1ccc(C(=O)N[C@@H]2CCOc3ccccc32)cc1. The van der Waals surface area contributed by atoms with Crippen molar-refractivity contribution >= 4 is 5.91 Å². The summed E-state index contributed by atoms with van der Waals surface area (Å²) in [5.41, 5.74) is 3.66. The van der Waals surface area contributed by atoms with Crippen molar-refractivity contribution in [3.63, 3.8) is 0 Å². The number of aryl methyl sites for hydroxylation is 1. The number of para-hydroxylation sites is 1. The van der Waals surface area contributed by atoms with Gasteiger partial charge in [-0.25, -0.2) is 4.68 Å². The fourth-order valence-corrected chi connectivity index (χ4v) is 3.13. The minimum atomic E-state index is -0.0783. The third-order valence-electron chi connectivity index (χ3n) is 4.47. The first-order valence-corrected chi connectivity index (χ1v) is 8.36. The molecule has 1 aromatic heterocycles. The number of hydrogen-bond donors (Lipinski definition) is 1. The van der Waals surface area contributed by atoms with Crippen molar-refractivity contribution in [2.24, 2.45) is 0 Å². The molecule has 0 radical (unpaired) electrons. The minimum absolute atomic E-state index is 0.0227. The summed E-state index contributed by atoms with van der Waals surface area (Å²) in [7, 11) is 0. The van der Waals surface area contributed by atoms with Crippen molar-refractivity contribution in [3.05, 3.63) is 77.6 Å². The number of ether oxygens (including phenoxy) is 1. The molecular weight excluding hydrogens is 314 g/mol. The Morgan fingerprint density at radius 2 is 1.96 bits per heavy atom. The number of benzene rings is 2. The summed E-state index contributed by atoms with van der Waals surface area (Å²) in [4.78, 5) is 12.6. The van der Waals surface area contributed by atoms with Crippen LogP contribution in [0.5, 0.6) is 5.75 Å². The minimum Gasteiger partial charge on any atom is -0.493 e. The van der Waals surface area contributed by atoms with Crippen LogP contribution in [0.2, 0.25) is 0 Å². The van der Waals surface area contributed by atoms with Gasteiger partial charge >= 0.3 is 0 Å². The predicted octanol–water partition coefficient (Wildman–Crippen LogP) is 3.43. The maximum atomic E-state index is 12.6. The molecule has 126 valence electrons. The number of hydrogen-bond acceptors (Lipinski definition) is 3.